The van der Waals surface area contributed by atoms with E-state index in [1.165, 1.54) is 6.21 Å². The summed E-state index contributed by atoms with van der Waals surface area (Å²) in [5.41, 5.74) is 1.37. The van der Waals surface area contributed by atoms with E-state index in [4.69, 9.17) is 0 Å². The lowest BCUT2D eigenvalue weighted by atomic mass is 10.1. The maximum Gasteiger partial charge on any atom is 0.263 e. The second kappa shape index (κ2) is 6.38. The fourth-order valence-corrected chi connectivity index (χ4v) is 2.92. The Kier molecular flexibility index (Phi) is 4.30. The number of fused-ring (bicyclic) bond motifs is 1. The third kappa shape index (κ3) is 2.92. The molecule has 4 nitrogen and oxygen atoms in total. The van der Waals surface area contributed by atoms with Gasteiger partial charge in [-0.15, -0.1) is 0 Å². The number of pyridine rings is 1. The number of benzene rings is 2. The van der Waals surface area contributed by atoms with Crippen LogP contribution in [0.25, 0.3) is 10.9 Å². The molecule has 3 aromatic rings. The van der Waals surface area contributed by atoms with Gasteiger partial charge >= 0.3 is 0 Å². The highest BCUT2D eigenvalue weighted by Gasteiger charge is 2.13. The molecular weight excluding hydrogens is 356 g/mol. The summed E-state index contributed by atoms with van der Waals surface area (Å²) < 4.78 is 2.54. The number of halogens is 1. The van der Waals surface area contributed by atoms with Crippen LogP contribution in [0.2, 0.25) is 0 Å². The van der Waals surface area contributed by atoms with E-state index in [9.17, 15) is 9.90 Å². The van der Waals surface area contributed by atoms with E-state index in [1.807, 2.05) is 49.4 Å². The van der Waals surface area contributed by atoms with E-state index in [0.717, 1.165) is 9.99 Å². The number of aromatic nitrogens is 1. The number of aryl methyl sites for hydroxylation is 1. The Bertz CT molecular complexity index is 961. The molecule has 0 amide bonds. The first-order chi connectivity index (χ1) is 11.1. The molecule has 0 saturated heterocycles. The molecule has 1 aromatic heterocycles. The Balaban J connectivity index is 2.20. The van der Waals surface area contributed by atoms with Crippen LogP contribution in [0.4, 0.5) is 5.69 Å². The van der Waals surface area contributed by atoms with Crippen LogP contribution in [0.5, 0.6) is 5.75 Å². The van der Waals surface area contributed by atoms with Crippen LogP contribution in [0.3, 0.4) is 0 Å². The number of hydrogen-bond donors (Lipinski definition) is 1. The zero-order valence-electron chi connectivity index (χ0n) is 12.5. The van der Waals surface area contributed by atoms with E-state index in [-0.39, 0.29) is 16.9 Å². The van der Waals surface area contributed by atoms with Crippen LogP contribution in [-0.2, 0) is 6.54 Å². The fraction of sp³-hybridized carbons (Fsp3) is 0.111. The predicted octanol–water partition coefficient (Wildman–Crippen LogP) is 4.24. The summed E-state index contributed by atoms with van der Waals surface area (Å²) in [7, 11) is 0. The van der Waals surface area contributed by atoms with Gasteiger partial charge < -0.3 is 9.67 Å². The monoisotopic (exact) mass is 370 g/mol. The zero-order chi connectivity index (χ0) is 16.4. The van der Waals surface area contributed by atoms with E-state index >= 15 is 0 Å². The largest absolute Gasteiger partial charge is 0.506 e. The van der Waals surface area contributed by atoms with Gasteiger partial charge in [0, 0.05) is 22.6 Å². The molecule has 2 aromatic carbocycles. The molecule has 1 heterocycles. The molecule has 23 heavy (non-hydrogen) atoms. The van der Waals surface area contributed by atoms with Crippen molar-refractivity contribution < 1.29 is 5.11 Å². The summed E-state index contributed by atoms with van der Waals surface area (Å²) >= 11 is 3.38. The number of aromatic hydroxyl groups is 1. The van der Waals surface area contributed by atoms with Gasteiger partial charge in [0.15, 0.2) is 0 Å². The van der Waals surface area contributed by atoms with E-state index < -0.39 is 0 Å². The molecule has 116 valence electrons. The van der Waals surface area contributed by atoms with Crippen LogP contribution in [0.15, 0.2) is 62.8 Å². The van der Waals surface area contributed by atoms with Gasteiger partial charge in [-0.2, -0.15) is 0 Å². The lowest BCUT2D eigenvalue weighted by Crippen LogP contribution is -2.23. The van der Waals surface area contributed by atoms with Crippen LogP contribution in [0, 0.1) is 0 Å². The minimum absolute atomic E-state index is 0.0333. The Morgan fingerprint density at radius 1 is 1.22 bits per heavy atom. The average molecular weight is 371 g/mol. The van der Waals surface area contributed by atoms with Crippen molar-refractivity contribution in [1.29, 1.82) is 0 Å². The zero-order valence-corrected chi connectivity index (χ0v) is 14.1. The van der Waals surface area contributed by atoms with Crippen molar-refractivity contribution in [3.63, 3.8) is 0 Å². The van der Waals surface area contributed by atoms with Gasteiger partial charge in [-0.25, -0.2) is 0 Å². The smallest absolute Gasteiger partial charge is 0.263 e. The lowest BCUT2D eigenvalue weighted by Gasteiger charge is -2.11. The van der Waals surface area contributed by atoms with Gasteiger partial charge in [-0.05, 0) is 37.3 Å². The topological polar surface area (TPSA) is 54.6 Å². The number of nitrogens with zero attached hydrogens (tertiary/aromatic N) is 2. The van der Waals surface area contributed by atoms with Crippen LogP contribution in [0.1, 0.15) is 12.5 Å². The number of aliphatic imine (C=N–C) groups is 1. The van der Waals surface area contributed by atoms with Crippen molar-refractivity contribution in [1.82, 2.24) is 4.57 Å². The normalized spacial score (nSPS) is 11.4. The van der Waals surface area contributed by atoms with E-state index in [1.54, 1.807) is 10.6 Å². The van der Waals surface area contributed by atoms with Gasteiger partial charge in [0.1, 0.15) is 11.3 Å². The van der Waals surface area contributed by atoms with Gasteiger partial charge in [0.25, 0.3) is 5.56 Å². The molecule has 0 unspecified atom stereocenters. The van der Waals surface area contributed by atoms with E-state index in [0.29, 0.717) is 17.6 Å². The van der Waals surface area contributed by atoms with Crippen molar-refractivity contribution in [3.05, 3.63) is 68.9 Å². The van der Waals surface area contributed by atoms with Crippen molar-refractivity contribution in [2.75, 3.05) is 0 Å². The average Bonchev–Trinajstić information content (AvgIpc) is 2.55. The Labute approximate surface area is 141 Å². The molecule has 5 heteroatoms. The van der Waals surface area contributed by atoms with Crippen molar-refractivity contribution in [2.45, 2.75) is 13.5 Å². The molecule has 0 saturated carbocycles. The molecule has 0 aliphatic rings. The summed E-state index contributed by atoms with van der Waals surface area (Å²) in [4.78, 5) is 16.9. The molecule has 0 bridgehead atoms. The summed E-state index contributed by atoms with van der Waals surface area (Å²) in [6.45, 7) is 2.43. The molecule has 1 N–H and O–H groups in total. The van der Waals surface area contributed by atoms with Crippen LogP contribution < -0.4 is 5.56 Å². The summed E-state index contributed by atoms with van der Waals surface area (Å²) in [5, 5.41) is 11.1. The van der Waals surface area contributed by atoms with Crippen molar-refractivity contribution >= 4 is 38.7 Å². The SMILES string of the molecule is CCn1c(=O)c(C=Nc2cccc(Br)c2)c(O)c2ccccc21. The highest BCUT2D eigenvalue weighted by atomic mass is 79.9. The molecular formula is C18H15BrN2O2. The Morgan fingerprint density at radius 3 is 2.74 bits per heavy atom. The Morgan fingerprint density at radius 2 is 2.00 bits per heavy atom. The first-order valence-electron chi connectivity index (χ1n) is 7.26. The maximum absolute atomic E-state index is 12.6. The molecule has 0 spiro atoms. The Hall–Kier alpha value is -2.40. The third-order valence-electron chi connectivity index (χ3n) is 3.65. The number of hydrogen-bond acceptors (Lipinski definition) is 3. The van der Waals surface area contributed by atoms with Gasteiger partial charge in [-0.3, -0.25) is 9.79 Å². The molecule has 0 aliphatic heterocycles. The molecule has 0 aliphatic carbocycles. The maximum atomic E-state index is 12.6. The third-order valence-corrected chi connectivity index (χ3v) is 4.14. The van der Waals surface area contributed by atoms with Gasteiger partial charge in [0.05, 0.1) is 11.2 Å². The fourth-order valence-electron chi connectivity index (χ4n) is 2.54. The highest BCUT2D eigenvalue weighted by Crippen LogP contribution is 2.26. The molecule has 0 fully saturated rings. The summed E-state index contributed by atoms with van der Waals surface area (Å²) in [6.07, 6.45) is 1.43. The highest BCUT2D eigenvalue weighted by molar-refractivity contribution is 9.10. The quantitative estimate of drug-likeness (QED) is 0.701. The second-order valence-electron chi connectivity index (χ2n) is 5.07. The lowest BCUT2D eigenvalue weighted by molar-refractivity contribution is 0.478. The van der Waals surface area contributed by atoms with Crippen molar-refractivity contribution in [3.8, 4) is 5.75 Å². The first kappa shape index (κ1) is 15.5. The first-order valence-corrected chi connectivity index (χ1v) is 8.05. The standard InChI is InChI=1S/C18H15BrN2O2/c1-2-21-16-9-4-3-8-14(16)17(22)15(18(21)23)11-20-13-7-5-6-12(19)10-13/h3-11,22H,2H2,1H3. The predicted molar refractivity (Wildman–Crippen MR) is 96.9 cm³/mol. The number of para-hydroxylation sites is 1. The minimum atomic E-state index is -0.248. The van der Waals surface area contributed by atoms with E-state index in [2.05, 4.69) is 20.9 Å². The summed E-state index contributed by atoms with van der Waals surface area (Å²) in [6, 6.07) is 14.7. The van der Waals surface area contributed by atoms with Gasteiger partial charge in [-0.1, -0.05) is 34.1 Å². The van der Waals surface area contributed by atoms with Crippen LogP contribution >= 0.6 is 15.9 Å². The minimum Gasteiger partial charge on any atom is -0.506 e. The second-order valence-corrected chi connectivity index (χ2v) is 5.98. The summed E-state index contributed by atoms with van der Waals surface area (Å²) in [5.74, 6) is -0.0333. The van der Waals surface area contributed by atoms with Crippen LogP contribution in [-0.4, -0.2) is 15.9 Å². The molecule has 0 atom stereocenters. The van der Waals surface area contributed by atoms with Crippen molar-refractivity contribution in [2.24, 2.45) is 4.99 Å². The molecule has 3 rings (SSSR count). The number of rotatable bonds is 3. The van der Waals surface area contributed by atoms with Gasteiger partial charge in [0.2, 0.25) is 0 Å². The molecule has 0 radical (unpaired) electrons.